The summed E-state index contributed by atoms with van der Waals surface area (Å²) in [5.41, 5.74) is 7.32. The van der Waals surface area contributed by atoms with Crippen LogP contribution in [0.25, 0.3) is 11.1 Å². The van der Waals surface area contributed by atoms with E-state index in [0.717, 1.165) is 56.6 Å². The molecule has 2 aliphatic heterocycles. The van der Waals surface area contributed by atoms with Crippen LogP contribution >= 0.6 is 0 Å². The Balaban J connectivity index is 0.000000168. The van der Waals surface area contributed by atoms with Crippen LogP contribution in [-0.4, -0.2) is 42.0 Å². The highest BCUT2D eigenvalue weighted by molar-refractivity contribution is 7.89. The average Bonchev–Trinajstić information content (AvgIpc) is 3.35. The number of sulfonamides is 2. The summed E-state index contributed by atoms with van der Waals surface area (Å²) in [6, 6.07) is 66.2. The molecule has 2 unspecified atom stereocenters. The number of nitrogens with one attached hydrogen (secondary N) is 3. The van der Waals surface area contributed by atoms with Crippen LogP contribution in [-0.2, 0) is 39.4 Å². The summed E-state index contributed by atoms with van der Waals surface area (Å²) in [5, 5.41) is 3.40. The lowest BCUT2D eigenvalue weighted by Crippen LogP contribution is -2.48. The van der Waals surface area contributed by atoms with E-state index in [1.54, 1.807) is 54.6 Å². The summed E-state index contributed by atoms with van der Waals surface area (Å²) in [6.45, 7) is 1.73. The van der Waals surface area contributed by atoms with Crippen LogP contribution in [0.4, 0.5) is 11.4 Å². The lowest BCUT2D eigenvalue weighted by Gasteiger charge is -2.36. The summed E-state index contributed by atoms with van der Waals surface area (Å²) in [6.07, 6.45) is 1.14. The first kappa shape index (κ1) is 45.0. The van der Waals surface area contributed by atoms with Crippen molar-refractivity contribution in [1.82, 2.24) is 9.44 Å². The molecule has 0 amide bonds. The van der Waals surface area contributed by atoms with E-state index in [2.05, 4.69) is 56.1 Å². The second-order valence-electron chi connectivity index (χ2n) is 16.4. The first-order chi connectivity index (χ1) is 32.6. The van der Waals surface area contributed by atoms with Crippen LogP contribution in [0.1, 0.15) is 16.7 Å². The number of ether oxygens (including phenoxy) is 2. The third-order valence-corrected chi connectivity index (χ3v) is 14.6. The summed E-state index contributed by atoms with van der Waals surface area (Å²) >= 11 is 0. The molecule has 2 aliphatic rings. The molecule has 8 aromatic carbocycles. The van der Waals surface area contributed by atoms with Crippen molar-refractivity contribution in [3.63, 3.8) is 0 Å². The summed E-state index contributed by atoms with van der Waals surface area (Å²) < 4.78 is 69.8. The number of benzene rings is 8. The molecule has 2 heterocycles. The topological polar surface area (TPSA) is 126 Å². The van der Waals surface area contributed by atoms with Gasteiger partial charge in [-0.3, -0.25) is 0 Å². The summed E-state index contributed by atoms with van der Waals surface area (Å²) in [5.74, 6) is 2.97. The largest absolute Gasteiger partial charge is 0.457 e. The predicted octanol–water partition coefficient (Wildman–Crippen LogP) is 10.8. The highest BCUT2D eigenvalue weighted by atomic mass is 32.2. The second-order valence-corrected chi connectivity index (χ2v) is 19.8. The Morgan fingerprint density at radius 2 is 1.00 bits per heavy atom. The van der Waals surface area contributed by atoms with Gasteiger partial charge in [-0.25, -0.2) is 26.3 Å². The quantitative estimate of drug-likeness (QED) is 0.104. The zero-order valence-electron chi connectivity index (χ0n) is 36.6. The van der Waals surface area contributed by atoms with E-state index < -0.39 is 20.0 Å². The molecule has 0 radical (unpaired) electrons. The molecule has 2 atom stereocenters. The van der Waals surface area contributed by atoms with Crippen LogP contribution in [0.3, 0.4) is 0 Å². The average molecular weight is 927 g/mol. The molecule has 0 spiro atoms. The molecule has 12 heteroatoms. The SMILES string of the molecule is O=S(=O)(NC1CNc2c(cc(-c3ccccc3)cc2Oc2ccccc2)C1)c1ccccc1.O=S(=O)(NC1Cc2cc(Oc3ccccc3)ccc2N(Cc2ccccc2)C1)c1ccccc1. The van der Waals surface area contributed by atoms with Gasteiger partial charge in [0.2, 0.25) is 20.0 Å². The van der Waals surface area contributed by atoms with E-state index in [1.807, 2.05) is 121 Å². The fourth-order valence-corrected chi connectivity index (χ4v) is 10.9. The fourth-order valence-electron chi connectivity index (χ4n) is 8.40. The Kier molecular flexibility index (Phi) is 13.8. The molecule has 3 N–H and O–H groups in total. The molecule has 0 bridgehead atoms. The first-order valence-corrected chi connectivity index (χ1v) is 25.1. The maximum Gasteiger partial charge on any atom is 0.240 e. The Bertz CT molecular complexity index is 3120. The maximum atomic E-state index is 13.0. The molecule has 67 heavy (non-hydrogen) atoms. The van der Waals surface area contributed by atoms with Gasteiger partial charge in [0.25, 0.3) is 0 Å². The fraction of sp³-hybridized carbons (Fsp3) is 0.127. The molecule has 0 saturated heterocycles. The van der Waals surface area contributed by atoms with E-state index >= 15 is 0 Å². The van der Waals surface area contributed by atoms with Crippen molar-refractivity contribution in [2.24, 2.45) is 0 Å². The monoisotopic (exact) mass is 926 g/mol. The number of fused-ring (bicyclic) bond motifs is 2. The van der Waals surface area contributed by atoms with Crippen molar-refractivity contribution in [3.8, 4) is 34.1 Å². The molecular formula is C55H50N4O6S2. The Hall–Kier alpha value is -7.22. The van der Waals surface area contributed by atoms with Crippen molar-refractivity contribution < 1.29 is 26.3 Å². The van der Waals surface area contributed by atoms with Crippen LogP contribution in [0.15, 0.2) is 222 Å². The summed E-state index contributed by atoms with van der Waals surface area (Å²) in [7, 11) is -7.23. The van der Waals surface area contributed by atoms with Gasteiger partial charge in [-0.15, -0.1) is 0 Å². The number of hydrogen-bond acceptors (Lipinski definition) is 8. The number of para-hydroxylation sites is 2. The van der Waals surface area contributed by atoms with Crippen molar-refractivity contribution in [3.05, 3.63) is 229 Å². The molecular weight excluding hydrogens is 877 g/mol. The second kappa shape index (κ2) is 20.5. The Labute approximate surface area is 393 Å². The minimum Gasteiger partial charge on any atom is -0.457 e. The van der Waals surface area contributed by atoms with E-state index in [4.69, 9.17) is 9.47 Å². The molecule has 0 aliphatic carbocycles. The molecule has 338 valence electrons. The number of rotatable bonds is 13. The maximum absolute atomic E-state index is 13.0. The van der Waals surface area contributed by atoms with E-state index in [-0.39, 0.29) is 21.9 Å². The van der Waals surface area contributed by atoms with Gasteiger partial charge < -0.3 is 19.7 Å². The number of anilines is 2. The van der Waals surface area contributed by atoms with Crippen LogP contribution in [0.5, 0.6) is 23.0 Å². The van der Waals surface area contributed by atoms with Gasteiger partial charge in [0.1, 0.15) is 17.2 Å². The molecule has 0 aromatic heterocycles. The van der Waals surface area contributed by atoms with E-state index in [0.29, 0.717) is 32.5 Å². The first-order valence-electron chi connectivity index (χ1n) is 22.1. The molecule has 8 aromatic rings. The van der Waals surface area contributed by atoms with Gasteiger partial charge in [0.15, 0.2) is 5.75 Å². The highest BCUT2D eigenvalue weighted by Crippen LogP contribution is 2.40. The molecule has 10 rings (SSSR count). The number of nitrogens with zero attached hydrogens (tertiary/aromatic N) is 1. The van der Waals surface area contributed by atoms with Gasteiger partial charge >= 0.3 is 0 Å². The minimum atomic E-state index is -3.63. The normalized spacial score (nSPS) is 15.4. The van der Waals surface area contributed by atoms with Crippen LogP contribution < -0.4 is 29.1 Å². The van der Waals surface area contributed by atoms with Crippen LogP contribution in [0, 0.1) is 0 Å². The third kappa shape index (κ3) is 11.4. The lowest BCUT2D eigenvalue weighted by atomic mass is 9.94. The van der Waals surface area contributed by atoms with Gasteiger partial charge in [0, 0.05) is 37.4 Å². The van der Waals surface area contributed by atoms with Crippen molar-refractivity contribution in [1.29, 1.82) is 0 Å². The molecule has 10 nitrogen and oxygen atoms in total. The zero-order valence-corrected chi connectivity index (χ0v) is 38.2. The molecule has 0 saturated carbocycles. The zero-order chi connectivity index (χ0) is 46.1. The third-order valence-electron chi connectivity index (χ3n) is 11.5. The summed E-state index contributed by atoms with van der Waals surface area (Å²) in [4.78, 5) is 2.78. The van der Waals surface area contributed by atoms with E-state index in [1.165, 1.54) is 5.56 Å². The van der Waals surface area contributed by atoms with E-state index in [9.17, 15) is 16.8 Å². The standard InChI is InChI=1S/C28H26N2O3S.C27H24N2O3S/c31-34(32,27-14-8-3-9-15-27)29-24-18-23-19-26(33-25-12-6-2-7-13-25)16-17-28(23)30(21-24)20-22-10-4-1-5-11-22;30-33(31,25-14-8-3-9-15-25)29-23-17-22-16-21(20-10-4-1-5-11-20)18-26(27(22)28-19-23)32-24-12-6-2-7-13-24/h1-17,19,24,29H,18,20-21H2;1-16,18,23,28-29H,17,19H2. The predicted molar refractivity (Wildman–Crippen MR) is 266 cm³/mol. The van der Waals surface area contributed by atoms with Crippen molar-refractivity contribution >= 4 is 31.4 Å². The molecule has 0 fully saturated rings. The van der Waals surface area contributed by atoms with Gasteiger partial charge in [-0.2, -0.15) is 0 Å². The van der Waals surface area contributed by atoms with Gasteiger partial charge in [-0.05, 0) is 120 Å². The number of hydrogen-bond donors (Lipinski definition) is 3. The van der Waals surface area contributed by atoms with Crippen molar-refractivity contribution in [2.75, 3.05) is 23.3 Å². The van der Waals surface area contributed by atoms with Gasteiger partial charge in [-0.1, -0.05) is 133 Å². The van der Waals surface area contributed by atoms with Crippen LogP contribution in [0.2, 0.25) is 0 Å². The Morgan fingerprint density at radius 3 is 1.60 bits per heavy atom. The minimum absolute atomic E-state index is 0.266. The lowest BCUT2D eigenvalue weighted by molar-refractivity contribution is 0.479. The van der Waals surface area contributed by atoms with Gasteiger partial charge in [0.05, 0.1) is 15.5 Å². The Morgan fingerprint density at radius 1 is 0.493 bits per heavy atom. The highest BCUT2D eigenvalue weighted by Gasteiger charge is 2.30. The smallest absolute Gasteiger partial charge is 0.240 e. The van der Waals surface area contributed by atoms with Crippen molar-refractivity contribution in [2.45, 2.75) is 41.3 Å².